The molecule has 3 rings (SSSR count). The van der Waals surface area contributed by atoms with Crippen molar-refractivity contribution in [1.82, 2.24) is 9.21 Å². The van der Waals surface area contributed by atoms with E-state index in [2.05, 4.69) is 22.0 Å². The molecule has 26 heavy (non-hydrogen) atoms. The van der Waals surface area contributed by atoms with Crippen molar-refractivity contribution in [2.75, 3.05) is 19.6 Å². The van der Waals surface area contributed by atoms with Gasteiger partial charge in [-0.2, -0.15) is 4.31 Å². The summed E-state index contributed by atoms with van der Waals surface area (Å²) in [5, 5.41) is 2.05. The number of fused-ring (bicyclic) bond motifs is 1. The van der Waals surface area contributed by atoms with Gasteiger partial charge in [0, 0.05) is 35.5 Å². The third-order valence-electron chi connectivity index (χ3n) is 4.61. The zero-order chi connectivity index (χ0) is 18.9. The summed E-state index contributed by atoms with van der Waals surface area (Å²) >= 11 is 5.13. The third kappa shape index (κ3) is 3.60. The van der Waals surface area contributed by atoms with Crippen LogP contribution in [0.25, 0.3) is 0 Å². The van der Waals surface area contributed by atoms with Gasteiger partial charge in [-0.15, -0.1) is 11.3 Å². The zero-order valence-corrected chi connectivity index (χ0v) is 18.0. The molecule has 0 bridgehead atoms. The maximum Gasteiger partial charge on any atom is 0.255 e. The van der Waals surface area contributed by atoms with Crippen molar-refractivity contribution in [3.63, 3.8) is 0 Å². The van der Waals surface area contributed by atoms with Crippen LogP contribution in [0, 0.1) is 0 Å². The largest absolute Gasteiger partial charge is 0.334 e. The smallest absolute Gasteiger partial charge is 0.255 e. The second-order valence-corrected chi connectivity index (χ2v) is 9.87. The minimum Gasteiger partial charge on any atom is -0.334 e. The second kappa shape index (κ2) is 7.80. The Morgan fingerprint density at radius 3 is 2.69 bits per heavy atom. The van der Waals surface area contributed by atoms with Crippen LogP contribution in [0.4, 0.5) is 0 Å². The van der Waals surface area contributed by atoms with Crippen molar-refractivity contribution < 1.29 is 13.2 Å². The Kier molecular flexibility index (Phi) is 5.86. The van der Waals surface area contributed by atoms with E-state index in [1.54, 1.807) is 42.2 Å². The predicted molar refractivity (Wildman–Crippen MR) is 107 cm³/mol. The number of nitrogens with zero attached hydrogens (tertiary/aromatic N) is 2. The zero-order valence-electron chi connectivity index (χ0n) is 14.7. The maximum absolute atomic E-state index is 13.0. The first-order valence-electron chi connectivity index (χ1n) is 8.52. The maximum atomic E-state index is 13.0. The molecule has 0 aliphatic carbocycles. The van der Waals surface area contributed by atoms with Crippen LogP contribution in [-0.4, -0.2) is 43.2 Å². The molecule has 0 saturated heterocycles. The van der Waals surface area contributed by atoms with Gasteiger partial charge in [0.05, 0.1) is 10.5 Å². The van der Waals surface area contributed by atoms with Gasteiger partial charge in [-0.1, -0.05) is 13.8 Å². The van der Waals surface area contributed by atoms with Gasteiger partial charge in [0.25, 0.3) is 5.91 Å². The number of sulfonamides is 1. The van der Waals surface area contributed by atoms with Crippen LogP contribution in [0.15, 0.2) is 39.0 Å². The molecule has 0 unspecified atom stereocenters. The number of carbonyl (C=O) groups is 1. The Morgan fingerprint density at radius 2 is 2.00 bits per heavy atom. The van der Waals surface area contributed by atoms with Crippen LogP contribution in [0.1, 0.15) is 34.6 Å². The van der Waals surface area contributed by atoms with Crippen LogP contribution in [0.3, 0.4) is 0 Å². The second-order valence-electron chi connectivity index (χ2n) is 6.08. The first kappa shape index (κ1) is 19.5. The lowest BCUT2D eigenvalue weighted by Crippen LogP contribution is -2.36. The van der Waals surface area contributed by atoms with Crippen molar-refractivity contribution in [3.05, 3.63) is 50.1 Å². The Morgan fingerprint density at radius 1 is 1.27 bits per heavy atom. The van der Waals surface area contributed by atoms with E-state index in [1.165, 1.54) is 20.8 Å². The number of carbonyl (C=O) groups excluding carboxylic acids is 1. The van der Waals surface area contributed by atoms with E-state index >= 15 is 0 Å². The molecule has 140 valence electrons. The number of thiophene rings is 1. The highest BCUT2D eigenvalue weighted by atomic mass is 79.9. The van der Waals surface area contributed by atoms with Crippen LogP contribution in [0.2, 0.25) is 0 Å². The SMILES string of the molecule is CCN(CC)S(=O)(=O)c1ccc(Br)c(C(=O)N2CCc3sccc3C2)c1. The predicted octanol–water partition coefficient (Wildman–Crippen LogP) is 3.74. The molecule has 1 amide bonds. The fraction of sp³-hybridized carbons (Fsp3) is 0.389. The molecule has 1 aromatic carbocycles. The first-order valence-corrected chi connectivity index (χ1v) is 11.6. The van der Waals surface area contributed by atoms with E-state index in [9.17, 15) is 13.2 Å². The van der Waals surface area contributed by atoms with Crippen molar-refractivity contribution in [2.45, 2.75) is 31.7 Å². The number of hydrogen-bond donors (Lipinski definition) is 0. The summed E-state index contributed by atoms with van der Waals surface area (Å²) < 4.78 is 27.5. The summed E-state index contributed by atoms with van der Waals surface area (Å²) in [7, 11) is -3.60. The van der Waals surface area contributed by atoms with E-state index < -0.39 is 10.0 Å². The van der Waals surface area contributed by atoms with Gasteiger partial charge in [0.15, 0.2) is 0 Å². The average Bonchev–Trinajstić information content (AvgIpc) is 3.09. The average molecular weight is 457 g/mol. The molecule has 1 aromatic heterocycles. The molecule has 0 N–H and O–H groups in total. The molecule has 0 radical (unpaired) electrons. The molecule has 0 fully saturated rings. The lowest BCUT2D eigenvalue weighted by atomic mass is 10.1. The lowest BCUT2D eigenvalue weighted by molar-refractivity contribution is 0.0734. The lowest BCUT2D eigenvalue weighted by Gasteiger charge is -2.27. The highest BCUT2D eigenvalue weighted by molar-refractivity contribution is 9.10. The molecule has 0 spiro atoms. The molecule has 2 heterocycles. The van der Waals surface area contributed by atoms with Crippen molar-refractivity contribution >= 4 is 43.2 Å². The van der Waals surface area contributed by atoms with Gasteiger partial charge in [-0.3, -0.25) is 4.79 Å². The number of amides is 1. The molecular formula is C18H21BrN2O3S2. The van der Waals surface area contributed by atoms with Crippen molar-refractivity contribution in [1.29, 1.82) is 0 Å². The highest BCUT2D eigenvalue weighted by Gasteiger charge is 2.27. The fourth-order valence-corrected chi connectivity index (χ4v) is 5.92. The summed E-state index contributed by atoms with van der Waals surface area (Å²) in [6, 6.07) is 6.73. The molecule has 1 aliphatic heterocycles. The third-order valence-corrected chi connectivity index (χ3v) is 8.37. The first-order chi connectivity index (χ1) is 12.4. The number of rotatable bonds is 5. The van der Waals surface area contributed by atoms with Gasteiger partial charge < -0.3 is 4.90 Å². The van der Waals surface area contributed by atoms with Crippen LogP contribution in [0.5, 0.6) is 0 Å². The van der Waals surface area contributed by atoms with Gasteiger partial charge in [0.2, 0.25) is 10.0 Å². The summed E-state index contributed by atoms with van der Waals surface area (Å²) in [6.45, 7) is 5.61. The molecular weight excluding hydrogens is 436 g/mol. The van der Waals surface area contributed by atoms with Gasteiger partial charge in [0.1, 0.15) is 0 Å². The van der Waals surface area contributed by atoms with E-state index in [-0.39, 0.29) is 10.8 Å². The minimum atomic E-state index is -3.60. The normalized spacial score (nSPS) is 14.5. The molecule has 8 heteroatoms. The summed E-state index contributed by atoms with van der Waals surface area (Å²) in [5.41, 5.74) is 1.56. The monoisotopic (exact) mass is 456 g/mol. The standard InChI is InChI=1S/C18H21BrN2O3S2/c1-3-21(4-2)26(23,24)14-5-6-16(19)15(11-14)18(22)20-9-7-17-13(12-20)8-10-25-17/h5-6,8,10-11H,3-4,7,9,12H2,1-2H3. The fourth-order valence-electron chi connectivity index (χ4n) is 3.13. The van der Waals surface area contributed by atoms with E-state index in [0.717, 1.165) is 6.42 Å². The number of halogens is 1. The van der Waals surface area contributed by atoms with E-state index in [1.807, 2.05) is 5.38 Å². The van der Waals surface area contributed by atoms with Crippen molar-refractivity contribution in [2.24, 2.45) is 0 Å². The van der Waals surface area contributed by atoms with Gasteiger partial charge in [-0.25, -0.2) is 8.42 Å². The summed E-state index contributed by atoms with van der Waals surface area (Å²) in [6.07, 6.45) is 0.841. The summed E-state index contributed by atoms with van der Waals surface area (Å²) in [5.74, 6) is -0.148. The Hall–Kier alpha value is -1.22. The Bertz CT molecular complexity index is 920. The van der Waals surface area contributed by atoms with Gasteiger partial charge in [-0.05, 0) is 57.6 Å². The number of hydrogen-bond acceptors (Lipinski definition) is 4. The number of benzene rings is 1. The molecule has 1 aliphatic rings. The molecule has 0 saturated carbocycles. The van der Waals surface area contributed by atoms with Crippen molar-refractivity contribution in [3.8, 4) is 0 Å². The quantitative estimate of drug-likeness (QED) is 0.688. The van der Waals surface area contributed by atoms with Gasteiger partial charge >= 0.3 is 0 Å². The molecule has 2 aromatic rings. The highest BCUT2D eigenvalue weighted by Crippen LogP contribution is 2.28. The van der Waals surface area contributed by atoms with Crippen LogP contribution < -0.4 is 0 Å². The Balaban J connectivity index is 1.92. The van der Waals surface area contributed by atoms with E-state index in [0.29, 0.717) is 36.2 Å². The van der Waals surface area contributed by atoms with Crippen LogP contribution in [-0.2, 0) is 23.0 Å². The minimum absolute atomic E-state index is 0.148. The van der Waals surface area contributed by atoms with Crippen LogP contribution >= 0.6 is 27.3 Å². The molecule has 0 atom stereocenters. The summed E-state index contributed by atoms with van der Waals surface area (Å²) in [4.78, 5) is 16.3. The molecule has 5 nitrogen and oxygen atoms in total. The van der Waals surface area contributed by atoms with E-state index in [4.69, 9.17) is 0 Å². The topological polar surface area (TPSA) is 57.7 Å². The Labute approximate surface area is 166 Å².